The Morgan fingerprint density at radius 2 is 1.81 bits per heavy atom. The van der Waals surface area contributed by atoms with E-state index < -0.39 is 0 Å². The summed E-state index contributed by atoms with van der Waals surface area (Å²) < 4.78 is 6.88. The molecule has 0 N–H and O–H groups in total. The largest absolute Gasteiger partial charge is 0.489 e. The molecule has 0 saturated carbocycles. The first-order chi connectivity index (χ1) is 13.1. The number of amides is 1. The molecule has 2 aromatic carbocycles. The van der Waals surface area contributed by atoms with Crippen molar-refractivity contribution in [2.75, 3.05) is 13.1 Å². The molecule has 0 spiro atoms. The van der Waals surface area contributed by atoms with Gasteiger partial charge in [0, 0.05) is 17.6 Å². The van der Waals surface area contributed by atoms with E-state index >= 15 is 0 Å². The summed E-state index contributed by atoms with van der Waals surface area (Å²) in [6.07, 6.45) is 1.91. The van der Waals surface area contributed by atoms with Gasteiger partial charge >= 0.3 is 0 Å². The van der Waals surface area contributed by atoms with Crippen LogP contribution in [0.25, 0.3) is 6.08 Å². The van der Waals surface area contributed by atoms with Crippen LogP contribution in [0.5, 0.6) is 5.75 Å². The number of hydrogen-bond donors (Lipinski definition) is 0. The van der Waals surface area contributed by atoms with Gasteiger partial charge in [0.2, 0.25) is 0 Å². The van der Waals surface area contributed by atoms with E-state index in [0.717, 1.165) is 26.5 Å². The third kappa shape index (κ3) is 5.02. The molecule has 0 atom stereocenters. The summed E-state index contributed by atoms with van der Waals surface area (Å²) in [5.74, 6) is 0.819. The maximum Gasteiger partial charge on any atom is 0.266 e. The van der Waals surface area contributed by atoms with Crippen molar-refractivity contribution in [2.45, 2.75) is 20.5 Å². The second-order valence-electron chi connectivity index (χ2n) is 5.90. The molecule has 3 rings (SSSR count). The lowest BCUT2D eigenvalue weighted by Gasteiger charge is -2.11. The van der Waals surface area contributed by atoms with E-state index in [1.54, 1.807) is 4.90 Å². The molecule has 1 amide bonds. The highest BCUT2D eigenvalue weighted by atomic mass is 79.9. The Morgan fingerprint density at radius 1 is 1.11 bits per heavy atom. The van der Waals surface area contributed by atoms with Crippen LogP contribution in [0.3, 0.4) is 0 Å². The van der Waals surface area contributed by atoms with Crippen LogP contribution in [-0.2, 0) is 11.4 Å². The summed E-state index contributed by atoms with van der Waals surface area (Å²) in [5.41, 5.74) is 2.08. The van der Waals surface area contributed by atoms with E-state index in [4.69, 9.17) is 4.74 Å². The van der Waals surface area contributed by atoms with Crippen molar-refractivity contribution in [3.05, 3.63) is 69.0 Å². The van der Waals surface area contributed by atoms with Crippen LogP contribution in [0.2, 0.25) is 0 Å². The van der Waals surface area contributed by atoms with E-state index in [9.17, 15) is 4.79 Å². The van der Waals surface area contributed by atoms with Gasteiger partial charge in [0.05, 0.1) is 4.91 Å². The minimum atomic E-state index is 0.0188. The number of rotatable bonds is 6. The molecule has 0 aromatic heterocycles. The average molecular weight is 445 g/mol. The molecule has 1 saturated heterocycles. The standard InChI is InChI=1S/C21H21BrN2O2S/c1-3-23-21-24(4-2)20(25)19(27-21)13-15-7-11-18(12-8-15)26-14-16-5-9-17(22)10-6-16/h5-13H,3-4,14H2,1-2H3/b19-13+,23-21?. The number of nitrogens with zero attached hydrogens (tertiary/aromatic N) is 2. The molecule has 0 unspecified atom stereocenters. The predicted octanol–water partition coefficient (Wildman–Crippen LogP) is 5.34. The molecule has 0 bridgehead atoms. The number of likely N-dealkylation sites (N-methyl/N-ethyl adjacent to an activating group) is 1. The Bertz CT molecular complexity index is 861. The number of benzene rings is 2. The highest BCUT2D eigenvalue weighted by molar-refractivity contribution is 9.10. The van der Waals surface area contributed by atoms with Gasteiger partial charge in [-0.3, -0.25) is 14.7 Å². The van der Waals surface area contributed by atoms with Crippen molar-refractivity contribution in [3.8, 4) is 5.75 Å². The molecule has 27 heavy (non-hydrogen) atoms. The topological polar surface area (TPSA) is 41.9 Å². The highest BCUT2D eigenvalue weighted by Gasteiger charge is 2.31. The third-order valence-corrected chi connectivity index (χ3v) is 5.57. The van der Waals surface area contributed by atoms with Crippen LogP contribution in [0.1, 0.15) is 25.0 Å². The minimum absolute atomic E-state index is 0.0188. The number of ether oxygens (including phenoxy) is 1. The van der Waals surface area contributed by atoms with Crippen molar-refractivity contribution < 1.29 is 9.53 Å². The summed E-state index contributed by atoms with van der Waals surface area (Å²) in [7, 11) is 0. The number of carbonyl (C=O) groups excluding carboxylic acids is 1. The second kappa shape index (κ2) is 9.24. The summed E-state index contributed by atoms with van der Waals surface area (Å²) in [6, 6.07) is 15.8. The van der Waals surface area contributed by atoms with Crippen molar-refractivity contribution in [2.24, 2.45) is 4.99 Å². The van der Waals surface area contributed by atoms with Gasteiger partial charge < -0.3 is 4.74 Å². The van der Waals surface area contributed by atoms with Crippen LogP contribution in [0, 0.1) is 0 Å². The third-order valence-electron chi connectivity index (χ3n) is 3.99. The maximum absolute atomic E-state index is 12.5. The van der Waals surface area contributed by atoms with Gasteiger partial charge in [-0.25, -0.2) is 0 Å². The van der Waals surface area contributed by atoms with Gasteiger partial charge in [0.25, 0.3) is 5.91 Å². The summed E-state index contributed by atoms with van der Waals surface area (Å²) in [5, 5.41) is 0.783. The monoisotopic (exact) mass is 444 g/mol. The number of halogens is 1. The summed E-state index contributed by atoms with van der Waals surface area (Å²) in [4.78, 5) is 19.3. The number of aliphatic imine (C=N–C) groups is 1. The predicted molar refractivity (Wildman–Crippen MR) is 116 cm³/mol. The van der Waals surface area contributed by atoms with Gasteiger partial charge in [0.15, 0.2) is 5.17 Å². The fourth-order valence-electron chi connectivity index (χ4n) is 2.60. The van der Waals surface area contributed by atoms with Gasteiger partial charge in [-0.1, -0.05) is 40.2 Å². The zero-order valence-electron chi connectivity index (χ0n) is 15.3. The van der Waals surface area contributed by atoms with Crippen molar-refractivity contribution in [1.29, 1.82) is 0 Å². The fourth-order valence-corrected chi connectivity index (χ4v) is 3.97. The van der Waals surface area contributed by atoms with Crippen LogP contribution in [0.4, 0.5) is 0 Å². The lowest BCUT2D eigenvalue weighted by molar-refractivity contribution is -0.122. The van der Waals surface area contributed by atoms with Crippen LogP contribution < -0.4 is 4.74 Å². The molecule has 2 aromatic rings. The number of carbonyl (C=O) groups is 1. The minimum Gasteiger partial charge on any atom is -0.489 e. The van der Waals surface area contributed by atoms with Crippen molar-refractivity contribution >= 4 is 44.8 Å². The number of thioether (sulfide) groups is 1. The maximum atomic E-state index is 12.5. The first-order valence-corrected chi connectivity index (χ1v) is 10.4. The molecule has 0 aliphatic carbocycles. The van der Waals surface area contributed by atoms with Crippen LogP contribution >= 0.6 is 27.7 Å². The highest BCUT2D eigenvalue weighted by Crippen LogP contribution is 2.32. The van der Waals surface area contributed by atoms with Gasteiger partial charge in [-0.15, -0.1) is 0 Å². The quantitative estimate of drug-likeness (QED) is 0.564. The van der Waals surface area contributed by atoms with Crippen LogP contribution in [0.15, 0.2) is 62.9 Å². The van der Waals surface area contributed by atoms with E-state index in [-0.39, 0.29) is 5.91 Å². The van der Waals surface area contributed by atoms with E-state index in [1.165, 1.54) is 11.8 Å². The smallest absolute Gasteiger partial charge is 0.266 e. The lowest BCUT2D eigenvalue weighted by atomic mass is 10.2. The fraction of sp³-hybridized carbons (Fsp3) is 0.238. The molecule has 1 heterocycles. The molecular formula is C21H21BrN2O2S. The zero-order valence-corrected chi connectivity index (χ0v) is 17.7. The molecule has 1 aliphatic heterocycles. The van der Waals surface area contributed by atoms with Gasteiger partial charge in [0.1, 0.15) is 12.4 Å². The van der Waals surface area contributed by atoms with Gasteiger partial charge in [-0.05, 0) is 67.1 Å². The average Bonchev–Trinajstić information content (AvgIpc) is 2.97. The van der Waals surface area contributed by atoms with Crippen molar-refractivity contribution in [3.63, 3.8) is 0 Å². The number of hydrogen-bond acceptors (Lipinski definition) is 4. The van der Waals surface area contributed by atoms with Gasteiger partial charge in [-0.2, -0.15) is 0 Å². The molecule has 140 valence electrons. The molecular weight excluding hydrogens is 424 g/mol. The zero-order chi connectivity index (χ0) is 19.2. The first-order valence-electron chi connectivity index (χ1n) is 8.84. The summed E-state index contributed by atoms with van der Waals surface area (Å²) >= 11 is 4.86. The van der Waals surface area contributed by atoms with Crippen molar-refractivity contribution in [1.82, 2.24) is 4.90 Å². The second-order valence-corrected chi connectivity index (χ2v) is 7.83. The summed E-state index contributed by atoms with van der Waals surface area (Å²) in [6.45, 7) is 5.75. The normalized spacial score (nSPS) is 17.1. The van der Waals surface area contributed by atoms with E-state index in [1.807, 2.05) is 68.5 Å². The van der Waals surface area contributed by atoms with E-state index in [0.29, 0.717) is 24.6 Å². The molecule has 6 heteroatoms. The Labute approximate surface area is 172 Å². The first kappa shape index (κ1) is 19.7. The Hall–Kier alpha value is -2.05. The SMILES string of the molecule is CCN=C1S/C(=C/c2ccc(OCc3ccc(Br)cc3)cc2)C(=O)N1CC. The Kier molecular flexibility index (Phi) is 6.74. The molecule has 0 radical (unpaired) electrons. The molecule has 4 nitrogen and oxygen atoms in total. The molecule has 1 fully saturated rings. The Morgan fingerprint density at radius 3 is 2.44 bits per heavy atom. The van der Waals surface area contributed by atoms with Crippen LogP contribution in [-0.4, -0.2) is 29.1 Å². The number of amidine groups is 1. The lowest BCUT2D eigenvalue weighted by Crippen LogP contribution is -2.28. The van der Waals surface area contributed by atoms with E-state index in [2.05, 4.69) is 20.9 Å². The Balaban J connectivity index is 1.66. The molecule has 1 aliphatic rings.